The minimum Gasteiger partial charge on any atom is -0.362 e. The van der Waals surface area contributed by atoms with Gasteiger partial charge in [0.05, 0.1) is 13.0 Å². The van der Waals surface area contributed by atoms with Gasteiger partial charge in [-0.05, 0) is 44.0 Å². The molecule has 0 radical (unpaired) electrons. The smallest absolute Gasteiger partial charge is 0.225 e. The van der Waals surface area contributed by atoms with Crippen LogP contribution in [0, 0.1) is 6.92 Å². The number of hydrogen-bond acceptors (Lipinski definition) is 2. The Labute approximate surface area is 157 Å². The van der Waals surface area contributed by atoms with Crippen LogP contribution in [-0.2, 0) is 5.72 Å². The number of hydrogen-bond donors (Lipinski definition) is 1. The van der Waals surface area contributed by atoms with E-state index in [0.717, 1.165) is 29.5 Å². The average molecular weight is 400 g/mol. The van der Waals surface area contributed by atoms with E-state index < -0.39 is 5.72 Å². The minimum absolute atomic E-state index is 0.623. The van der Waals surface area contributed by atoms with E-state index in [1.807, 2.05) is 0 Å². The molecule has 130 valence electrons. The van der Waals surface area contributed by atoms with E-state index in [0.29, 0.717) is 6.42 Å². The number of hydrazone groups is 1. The maximum atomic E-state index is 11.7. The van der Waals surface area contributed by atoms with Gasteiger partial charge in [-0.3, -0.25) is 0 Å². The van der Waals surface area contributed by atoms with E-state index in [1.165, 1.54) is 29.7 Å². The van der Waals surface area contributed by atoms with Gasteiger partial charge in [0.2, 0.25) is 11.4 Å². The normalized spacial score (nSPS) is 23.6. The molecule has 0 amide bonds. The molecule has 0 aliphatic carbocycles. The van der Waals surface area contributed by atoms with Gasteiger partial charge < -0.3 is 5.11 Å². The Balaban J connectivity index is 1.79. The van der Waals surface area contributed by atoms with Crippen LogP contribution >= 0.6 is 15.9 Å². The Morgan fingerprint density at radius 3 is 2.44 bits per heavy atom. The molecule has 0 bridgehead atoms. The Morgan fingerprint density at radius 1 is 1.00 bits per heavy atom. The molecule has 1 fully saturated rings. The molecule has 2 heterocycles. The fourth-order valence-electron chi connectivity index (χ4n) is 3.99. The number of halogens is 1. The molecule has 0 saturated carbocycles. The molecule has 0 spiro atoms. The van der Waals surface area contributed by atoms with Gasteiger partial charge in [-0.25, -0.2) is 0 Å². The van der Waals surface area contributed by atoms with Crippen LogP contribution in [0.2, 0.25) is 0 Å². The van der Waals surface area contributed by atoms with Crippen LogP contribution < -0.4 is 0 Å². The van der Waals surface area contributed by atoms with E-state index >= 15 is 0 Å². The zero-order chi connectivity index (χ0) is 17.4. The zero-order valence-corrected chi connectivity index (χ0v) is 16.2. The largest absolute Gasteiger partial charge is 0.362 e. The summed E-state index contributed by atoms with van der Waals surface area (Å²) in [5, 5.41) is 13.9. The van der Waals surface area contributed by atoms with Crippen molar-refractivity contribution >= 4 is 21.6 Å². The van der Waals surface area contributed by atoms with E-state index in [4.69, 9.17) is 0 Å². The van der Waals surface area contributed by atoms with Crippen molar-refractivity contribution in [2.75, 3.05) is 13.1 Å². The lowest BCUT2D eigenvalue weighted by Gasteiger charge is -2.30. The van der Waals surface area contributed by atoms with Crippen molar-refractivity contribution in [2.45, 2.75) is 38.3 Å². The minimum atomic E-state index is -0.958. The first-order valence-electron chi connectivity index (χ1n) is 9.04. The summed E-state index contributed by atoms with van der Waals surface area (Å²) < 4.78 is 3.41. The maximum absolute atomic E-state index is 11.7. The number of nitrogens with zero attached hydrogens (tertiary/aromatic N) is 2. The summed E-state index contributed by atoms with van der Waals surface area (Å²) in [6.07, 6.45) is 4.13. The van der Waals surface area contributed by atoms with E-state index in [1.54, 1.807) is 0 Å². The van der Waals surface area contributed by atoms with Gasteiger partial charge in [0.25, 0.3) is 0 Å². The highest BCUT2D eigenvalue weighted by Gasteiger charge is 2.52. The fraction of sp³-hybridized carbons (Fsp3) is 0.381. The first-order valence-corrected chi connectivity index (χ1v) is 9.84. The number of fused-ring (bicyclic) bond motifs is 1. The van der Waals surface area contributed by atoms with Crippen LogP contribution in [0.15, 0.2) is 53.0 Å². The SMILES string of the molecule is Cc1ccc(C2(O)CC(c3ccc(Br)cc3)=[N+]3CCCCCN32)cc1. The van der Waals surface area contributed by atoms with Crippen LogP contribution in [0.4, 0.5) is 0 Å². The fourth-order valence-corrected chi connectivity index (χ4v) is 4.25. The second kappa shape index (κ2) is 6.58. The van der Waals surface area contributed by atoms with Crippen molar-refractivity contribution < 1.29 is 9.79 Å². The molecular formula is C21H24BrN2O+. The summed E-state index contributed by atoms with van der Waals surface area (Å²) in [7, 11) is 0. The molecule has 4 heteroatoms. The Hall–Kier alpha value is -1.65. The molecule has 4 rings (SSSR count). The topological polar surface area (TPSA) is 26.5 Å². The van der Waals surface area contributed by atoms with Crippen LogP contribution in [-0.4, -0.2) is 33.6 Å². The monoisotopic (exact) mass is 399 g/mol. The van der Waals surface area contributed by atoms with Crippen LogP contribution in [0.5, 0.6) is 0 Å². The lowest BCUT2D eigenvalue weighted by Crippen LogP contribution is -2.46. The Morgan fingerprint density at radius 2 is 1.72 bits per heavy atom. The quantitative estimate of drug-likeness (QED) is 0.765. The van der Waals surface area contributed by atoms with Crippen molar-refractivity contribution in [3.63, 3.8) is 0 Å². The molecule has 1 atom stereocenters. The summed E-state index contributed by atoms with van der Waals surface area (Å²) in [5.74, 6) is 0. The third-order valence-electron chi connectivity index (χ3n) is 5.38. The highest BCUT2D eigenvalue weighted by atomic mass is 79.9. The number of aryl methyl sites for hydroxylation is 1. The molecule has 1 N–H and O–H groups in total. The molecule has 2 aliphatic heterocycles. The van der Waals surface area contributed by atoms with Crippen molar-refractivity contribution in [3.8, 4) is 0 Å². The van der Waals surface area contributed by atoms with Crippen LogP contribution in [0.3, 0.4) is 0 Å². The maximum Gasteiger partial charge on any atom is 0.225 e. The van der Waals surface area contributed by atoms with Crippen molar-refractivity contribution in [1.29, 1.82) is 0 Å². The highest BCUT2D eigenvalue weighted by Crippen LogP contribution is 2.38. The average Bonchev–Trinajstić information content (AvgIpc) is 2.78. The van der Waals surface area contributed by atoms with E-state index in [2.05, 4.69) is 81.1 Å². The molecule has 1 unspecified atom stereocenters. The highest BCUT2D eigenvalue weighted by molar-refractivity contribution is 9.10. The van der Waals surface area contributed by atoms with Gasteiger partial charge in [-0.15, -0.1) is 9.69 Å². The number of rotatable bonds is 2. The molecular weight excluding hydrogens is 376 g/mol. The summed E-state index contributed by atoms with van der Waals surface area (Å²) >= 11 is 3.52. The number of aliphatic hydroxyl groups is 1. The van der Waals surface area contributed by atoms with Crippen LogP contribution in [0.1, 0.15) is 42.4 Å². The predicted octanol–water partition coefficient (Wildman–Crippen LogP) is 4.21. The number of hydrazine groups is 1. The van der Waals surface area contributed by atoms with Gasteiger partial charge in [0.15, 0.2) is 6.54 Å². The van der Waals surface area contributed by atoms with E-state index in [-0.39, 0.29) is 0 Å². The third-order valence-corrected chi connectivity index (χ3v) is 5.90. The van der Waals surface area contributed by atoms with E-state index in [9.17, 15) is 5.11 Å². The first kappa shape index (κ1) is 16.8. The molecule has 25 heavy (non-hydrogen) atoms. The second-order valence-corrected chi connectivity index (χ2v) is 8.04. The standard InChI is InChI=1S/C21H24BrN2O/c1-16-5-9-18(10-6-16)21(25)15-20(17-7-11-19(22)12-8-17)23-13-3-2-4-14-24(21)23/h5-12,25H,2-4,13-15H2,1H3/q+1. The Kier molecular flexibility index (Phi) is 4.42. The molecule has 1 saturated heterocycles. The second-order valence-electron chi connectivity index (χ2n) is 7.12. The summed E-state index contributed by atoms with van der Waals surface area (Å²) in [6, 6.07) is 16.8. The number of benzene rings is 2. The lowest BCUT2D eigenvalue weighted by atomic mass is 9.94. The van der Waals surface area contributed by atoms with Gasteiger partial charge in [0.1, 0.15) is 0 Å². The summed E-state index contributed by atoms with van der Waals surface area (Å²) in [6.45, 7) is 3.95. The zero-order valence-electron chi connectivity index (χ0n) is 14.6. The van der Waals surface area contributed by atoms with Crippen molar-refractivity contribution in [3.05, 3.63) is 69.7 Å². The first-order chi connectivity index (χ1) is 12.1. The molecule has 2 aromatic carbocycles. The summed E-state index contributed by atoms with van der Waals surface area (Å²) in [5.41, 5.74) is 3.66. The van der Waals surface area contributed by atoms with Gasteiger partial charge >= 0.3 is 0 Å². The molecule has 2 aliphatic rings. The van der Waals surface area contributed by atoms with Gasteiger partial charge in [-0.1, -0.05) is 45.8 Å². The van der Waals surface area contributed by atoms with Crippen molar-refractivity contribution in [2.24, 2.45) is 0 Å². The third kappa shape index (κ3) is 3.02. The van der Waals surface area contributed by atoms with Gasteiger partial charge in [-0.2, -0.15) is 0 Å². The molecule has 0 aromatic heterocycles. The lowest BCUT2D eigenvalue weighted by molar-refractivity contribution is -0.706. The van der Waals surface area contributed by atoms with Crippen LogP contribution in [0.25, 0.3) is 0 Å². The van der Waals surface area contributed by atoms with Crippen molar-refractivity contribution in [1.82, 2.24) is 5.01 Å². The predicted molar refractivity (Wildman–Crippen MR) is 104 cm³/mol. The summed E-state index contributed by atoms with van der Waals surface area (Å²) in [4.78, 5) is 0. The molecule has 3 nitrogen and oxygen atoms in total. The molecule has 2 aromatic rings. The Bertz CT molecular complexity index is 798. The van der Waals surface area contributed by atoms with Gasteiger partial charge in [0, 0.05) is 22.0 Å².